The van der Waals surface area contributed by atoms with Crippen LogP contribution in [0.3, 0.4) is 0 Å². The highest BCUT2D eigenvalue weighted by Gasteiger charge is 2.19. The maximum absolute atomic E-state index is 8.77. The van der Waals surface area contributed by atoms with Gasteiger partial charge in [-0.15, -0.1) is 11.3 Å². The molecule has 0 aromatic carbocycles. The van der Waals surface area contributed by atoms with Gasteiger partial charge < -0.3 is 10.0 Å². The van der Waals surface area contributed by atoms with Crippen LogP contribution >= 0.6 is 11.3 Å². The number of rotatable bonds is 4. The molecule has 3 rings (SSSR count). The molecule has 0 aliphatic carbocycles. The van der Waals surface area contributed by atoms with Crippen molar-refractivity contribution in [3.8, 4) is 11.8 Å². The molecule has 0 bridgehead atoms. The van der Waals surface area contributed by atoms with Gasteiger partial charge in [0, 0.05) is 54.2 Å². The van der Waals surface area contributed by atoms with E-state index in [4.69, 9.17) is 10.1 Å². The normalized spacial score (nSPS) is 15.3. The van der Waals surface area contributed by atoms with Crippen LogP contribution in [0.15, 0.2) is 29.6 Å². The van der Waals surface area contributed by atoms with E-state index in [9.17, 15) is 0 Å². The number of aliphatic hydroxyl groups excluding tert-OH is 1. The second kappa shape index (κ2) is 8.48. The van der Waals surface area contributed by atoms with Crippen LogP contribution in [0.2, 0.25) is 0 Å². The van der Waals surface area contributed by atoms with Crippen LogP contribution in [0.5, 0.6) is 0 Å². The Hall–Kier alpha value is -1.87. The van der Waals surface area contributed by atoms with E-state index < -0.39 is 0 Å². The first kappa shape index (κ1) is 17.9. The van der Waals surface area contributed by atoms with E-state index in [-0.39, 0.29) is 6.61 Å². The van der Waals surface area contributed by atoms with Crippen molar-refractivity contribution >= 4 is 17.2 Å². The first-order valence-electron chi connectivity index (χ1n) is 8.77. The van der Waals surface area contributed by atoms with Gasteiger partial charge in [0.05, 0.1) is 0 Å². The summed E-state index contributed by atoms with van der Waals surface area (Å²) in [5.41, 5.74) is 2.16. The van der Waals surface area contributed by atoms with Crippen molar-refractivity contribution in [2.75, 3.05) is 37.7 Å². The summed E-state index contributed by atoms with van der Waals surface area (Å²) < 4.78 is 0. The fourth-order valence-corrected chi connectivity index (χ4v) is 3.82. The van der Waals surface area contributed by atoms with Crippen LogP contribution in [0.1, 0.15) is 35.9 Å². The van der Waals surface area contributed by atoms with E-state index in [0.29, 0.717) is 5.92 Å². The van der Waals surface area contributed by atoms with E-state index in [1.54, 1.807) is 11.3 Å². The number of piperazine rings is 1. The number of hydrogen-bond acceptors (Lipinski definition) is 5. The molecule has 2 aromatic heterocycles. The van der Waals surface area contributed by atoms with Crippen molar-refractivity contribution in [1.82, 2.24) is 9.88 Å². The number of hydrogen-bond donors (Lipinski definition) is 1. The quantitative estimate of drug-likeness (QED) is 0.856. The smallest absolute Gasteiger partial charge is 0.128 e. The molecule has 2 aromatic rings. The van der Waals surface area contributed by atoms with Gasteiger partial charge in [-0.1, -0.05) is 31.8 Å². The van der Waals surface area contributed by atoms with E-state index in [2.05, 4.69) is 65.1 Å². The van der Waals surface area contributed by atoms with Crippen LogP contribution in [0.4, 0.5) is 5.82 Å². The van der Waals surface area contributed by atoms with Gasteiger partial charge in [-0.05, 0) is 24.1 Å². The molecule has 0 amide bonds. The van der Waals surface area contributed by atoms with Gasteiger partial charge >= 0.3 is 0 Å². The summed E-state index contributed by atoms with van der Waals surface area (Å²) in [6.45, 7) is 9.37. The highest BCUT2D eigenvalue weighted by atomic mass is 32.1. The highest BCUT2D eigenvalue weighted by Crippen LogP contribution is 2.20. The summed E-state index contributed by atoms with van der Waals surface area (Å²) in [5, 5.41) is 10.8. The van der Waals surface area contributed by atoms with E-state index in [0.717, 1.165) is 49.8 Å². The van der Waals surface area contributed by atoms with Crippen molar-refractivity contribution in [3.05, 3.63) is 45.8 Å². The van der Waals surface area contributed by atoms with Crippen LogP contribution in [0.25, 0.3) is 0 Å². The molecule has 0 saturated carbocycles. The summed E-state index contributed by atoms with van der Waals surface area (Å²) in [7, 11) is 0. The van der Waals surface area contributed by atoms with E-state index >= 15 is 0 Å². The van der Waals surface area contributed by atoms with Crippen LogP contribution < -0.4 is 4.90 Å². The van der Waals surface area contributed by atoms with Gasteiger partial charge in [0.2, 0.25) is 0 Å². The second-order valence-electron chi connectivity index (χ2n) is 6.60. The summed E-state index contributed by atoms with van der Waals surface area (Å²) in [6.07, 6.45) is 0. The number of anilines is 1. The molecule has 0 unspecified atom stereocenters. The van der Waals surface area contributed by atoms with Crippen LogP contribution in [-0.2, 0) is 6.54 Å². The maximum atomic E-state index is 8.77. The lowest BCUT2D eigenvalue weighted by molar-refractivity contribution is 0.251. The molecule has 1 aliphatic heterocycles. The molecule has 1 N–H and O–H groups in total. The minimum absolute atomic E-state index is 0.0841. The molecule has 1 saturated heterocycles. The van der Waals surface area contributed by atoms with Gasteiger partial charge in [0.1, 0.15) is 12.4 Å². The Kier molecular flexibility index (Phi) is 6.09. The minimum atomic E-state index is -0.0841. The van der Waals surface area contributed by atoms with Gasteiger partial charge in [0.25, 0.3) is 0 Å². The number of aliphatic hydroxyl groups is 1. The predicted molar refractivity (Wildman–Crippen MR) is 104 cm³/mol. The highest BCUT2D eigenvalue weighted by molar-refractivity contribution is 7.10. The summed E-state index contributed by atoms with van der Waals surface area (Å²) in [5.74, 6) is 7.23. The molecule has 1 fully saturated rings. The molecule has 1 aliphatic rings. The molecule has 0 spiro atoms. The third-order valence-corrected chi connectivity index (χ3v) is 5.31. The Morgan fingerprint density at radius 1 is 1.24 bits per heavy atom. The lowest BCUT2D eigenvalue weighted by atomic mass is 10.1. The number of pyridine rings is 1. The molecule has 0 radical (unpaired) electrons. The SMILES string of the molecule is CC(C)c1cccc(N2CCN(Cc3cc(C#CCO)cs3)CC2)n1. The average molecular weight is 356 g/mol. The van der Waals surface area contributed by atoms with Crippen molar-refractivity contribution in [2.45, 2.75) is 26.3 Å². The van der Waals surface area contributed by atoms with Crippen molar-refractivity contribution in [3.63, 3.8) is 0 Å². The first-order valence-corrected chi connectivity index (χ1v) is 9.65. The zero-order chi connectivity index (χ0) is 17.6. The number of aromatic nitrogens is 1. The van der Waals surface area contributed by atoms with Crippen LogP contribution in [-0.4, -0.2) is 47.8 Å². The Labute approximate surface area is 154 Å². The second-order valence-corrected chi connectivity index (χ2v) is 7.60. The average Bonchev–Trinajstić information content (AvgIpc) is 3.08. The number of nitrogens with zero attached hydrogens (tertiary/aromatic N) is 3. The van der Waals surface area contributed by atoms with Crippen LogP contribution in [0, 0.1) is 11.8 Å². The molecule has 0 atom stereocenters. The van der Waals surface area contributed by atoms with Gasteiger partial charge in [-0.3, -0.25) is 4.90 Å². The monoisotopic (exact) mass is 355 g/mol. The van der Waals surface area contributed by atoms with Gasteiger partial charge in [-0.2, -0.15) is 0 Å². The zero-order valence-electron chi connectivity index (χ0n) is 14.9. The molecular weight excluding hydrogens is 330 g/mol. The largest absolute Gasteiger partial charge is 0.384 e. The third kappa shape index (κ3) is 4.82. The molecule has 4 nitrogen and oxygen atoms in total. The molecular formula is C20H25N3OS. The van der Waals surface area contributed by atoms with E-state index in [1.165, 1.54) is 4.88 Å². The Balaban J connectivity index is 1.55. The Morgan fingerprint density at radius 2 is 2.04 bits per heavy atom. The lowest BCUT2D eigenvalue weighted by Gasteiger charge is -2.35. The first-order chi connectivity index (χ1) is 12.2. The standard InChI is InChI=1S/C20H25N3OS/c1-16(2)19-6-3-7-20(21-19)23-10-8-22(9-11-23)14-18-13-17(15-25-18)5-4-12-24/h3,6-7,13,15-16,24H,8-12,14H2,1-2H3. The van der Waals surface area contributed by atoms with Gasteiger partial charge in [-0.25, -0.2) is 4.98 Å². The predicted octanol–water partition coefficient (Wildman–Crippen LogP) is 2.93. The van der Waals surface area contributed by atoms with Crippen molar-refractivity contribution < 1.29 is 5.11 Å². The fraction of sp³-hybridized carbons (Fsp3) is 0.450. The zero-order valence-corrected chi connectivity index (χ0v) is 15.7. The molecule has 25 heavy (non-hydrogen) atoms. The summed E-state index contributed by atoms with van der Waals surface area (Å²) >= 11 is 1.74. The van der Waals surface area contributed by atoms with Crippen molar-refractivity contribution in [1.29, 1.82) is 0 Å². The molecule has 132 valence electrons. The molecule has 5 heteroatoms. The summed E-state index contributed by atoms with van der Waals surface area (Å²) in [6, 6.07) is 8.48. The summed E-state index contributed by atoms with van der Waals surface area (Å²) in [4.78, 5) is 11.0. The maximum Gasteiger partial charge on any atom is 0.128 e. The topological polar surface area (TPSA) is 39.6 Å². The minimum Gasteiger partial charge on any atom is -0.384 e. The lowest BCUT2D eigenvalue weighted by Crippen LogP contribution is -2.46. The number of thiophene rings is 1. The Morgan fingerprint density at radius 3 is 2.76 bits per heavy atom. The third-order valence-electron chi connectivity index (χ3n) is 4.39. The van der Waals surface area contributed by atoms with Gasteiger partial charge in [0.15, 0.2) is 0 Å². The van der Waals surface area contributed by atoms with E-state index in [1.807, 2.05) is 0 Å². The van der Waals surface area contributed by atoms with Crippen molar-refractivity contribution in [2.24, 2.45) is 0 Å². The molecule has 3 heterocycles. The fourth-order valence-electron chi connectivity index (χ4n) is 2.96. The Bertz CT molecular complexity index is 752.